The fourth-order valence-corrected chi connectivity index (χ4v) is 2.92. The number of likely N-dealkylation sites (N-methyl/N-ethyl adjacent to an activating group) is 1. The Bertz CT molecular complexity index is 1050. The van der Waals surface area contributed by atoms with Crippen molar-refractivity contribution in [1.82, 2.24) is 9.91 Å². The molecule has 6 nitrogen and oxygen atoms in total. The summed E-state index contributed by atoms with van der Waals surface area (Å²) >= 11 is 0. The fourth-order valence-electron chi connectivity index (χ4n) is 2.92. The van der Waals surface area contributed by atoms with Crippen LogP contribution in [0.15, 0.2) is 96.4 Å². The Balaban J connectivity index is 2.28. The molecule has 0 saturated heterocycles. The molecule has 0 radical (unpaired) electrons. The molecule has 0 fully saturated rings. The predicted octanol–water partition coefficient (Wildman–Crippen LogP) is 4.80. The van der Waals surface area contributed by atoms with Gasteiger partial charge in [0.2, 0.25) is 6.41 Å². The van der Waals surface area contributed by atoms with Crippen molar-refractivity contribution in [2.45, 2.75) is 19.4 Å². The number of hydrazone groups is 1. The van der Waals surface area contributed by atoms with E-state index in [1.807, 2.05) is 30.4 Å². The summed E-state index contributed by atoms with van der Waals surface area (Å²) in [7, 11) is 1.57. The van der Waals surface area contributed by atoms with Crippen LogP contribution < -0.4 is 0 Å². The molecule has 0 aromatic heterocycles. The lowest BCUT2D eigenvalue weighted by Crippen LogP contribution is -2.37. The SMILES string of the molecule is C=C/C=C(\C=C)O/C(=N/N(C=O)Cc1c(F)cccc1F)C(=O)N(C)CCC1=CC=CC=CC1. The Labute approximate surface area is 198 Å². The molecule has 0 atom stereocenters. The van der Waals surface area contributed by atoms with Gasteiger partial charge in [-0.05, 0) is 37.1 Å². The van der Waals surface area contributed by atoms with Crippen molar-refractivity contribution in [3.05, 3.63) is 108 Å². The lowest BCUT2D eigenvalue weighted by Gasteiger charge is -2.21. The lowest BCUT2D eigenvalue weighted by molar-refractivity contribution is -0.124. The maximum absolute atomic E-state index is 14.1. The molecule has 1 aromatic carbocycles. The van der Waals surface area contributed by atoms with Crippen molar-refractivity contribution in [1.29, 1.82) is 0 Å². The number of halogens is 2. The topological polar surface area (TPSA) is 62.2 Å². The van der Waals surface area contributed by atoms with E-state index in [4.69, 9.17) is 4.74 Å². The van der Waals surface area contributed by atoms with Gasteiger partial charge in [0.25, 0.3) is 0 Å². The number of amides is 2. The molecule has 0 aliphatic heterocycles. The predicted molar refractivity (Wildman–Crippen MR) is 128 cm³/mol. The highest BCUT2D eigenvalue weighted by molar-refractivity contribution is 6.35. The molecule has 0 N–H and O–H groups in total. The molecule has 0 saturated carbocycles. The zero-order valence-corrected chi connectivity index (χ0v) is 19.0. The van der Waals surface area contributed by atoms with Crippen LogP contribution in [-0.4, -0.2) is 41.7 Å². The standard InChI is InChI=1S/C26H27F2N3O3/c1-4-11-21(5-2)34-25(26(33)30(3)17-16-20-12-8-6-7-9-13-20)29-31(19-32)18-22-23(27)14-10-15-24(22)28/h4-12,14-15,19H,1-2,13,16-18H2,3H3/b21-11+,29-25+. The summed E-state index contributed by atoms with van der Waals surface area (Å²) < 4.78 is 33.7. The van der Waals surface area contributed by atoms with Crippen molar-refractivity contribution in [3.8, 4) is 0 Å². The summed E-state index contributed by atoms with van der Waals surface area (Å²) in [5.74, 6) is -2.62. The molecule has 0 bridgehead atoms. The van der Waals surface area contributed by atoms with Gasteiger partial charge in [-0.15, -0.1) is 5.10 Å². The molecule has 178 valence electrons. The van der Waals surface area contributed by atoms with Gasteiger partial charge < -0.3 is 9.64 Å². The van der Waals surface area contributed by atoms with Crippen molar-refractivity contribution in [3.63, 3.8) is 0 Å². The van der Waals surface area contributed by atoms with E-state index in [1.54, 1.807) is 7.05 Å². The largest absolute Gasteiger partial charge is 0.434 e. The minimum Gasteiger partial charge on any atom is -0.434 e. The number of hydrogen-bond donors (Lipinski definition) is 0. The number of benzene rings is 1. The van der Waals surface area contributed by atoms with E-state index in [1.165, 1.54) is 29.2 Å². The van der Waals surface area contributed by atoms with Crippen LogP contribution in [0.3, 0.4) is 0 Å². The van der Waals surface area contributed by atoms with Crippen LogP contribution in [0.2, 0.25) is 0 Å². The summed E-state index contributed by atoms with van der Waals surface area (Å²) in [5.41, 5.74) is 0.762. The average molecular weight is 468 g/mol. The molecule has 0 heterocycles. The number of carbonyl (C=O) groups is 2. The molecule has 8 heteroatoms. The quantitative estimate of drug-likeness (QED) is 0.124. The molecule has 1 aromatic rings. The molecule has 2 amide bonds. The second-order valence-electron chi connectivity index (χ2n) is 7.24. The normalized spacial score (nSPS) is 13.6. The molecule has 34 heavy (non-hydrogen) atoms. The molecular formula is C26H27F2N3O3. The summed E-state index contributed by atoms with van der Waals surface area (Å²) in [6.07, 6.45) is 15.7. The molecular weight excluding hydrogens is 440 g/mol. The Hall–Kier alpha value is -4.07. The van der Waals surface area contributed by atoms with Gasteiger partial charge in [0, 0.05) is 19.2 Å². The van der Waals surface area contributed by atoms with Crippen molar-refractivity contribution >= 4 is 18.2 Å². The Morgan fingerprint density at radius 1 is 1.21 bits per heavy atom. The summed E-state index contributed by atoms with van der Waals surface area (Å²) in [6.45, 7) is 7.00. The summed E-state index contributed by atoms with van der Waals surface area (Å²) in [5, 5.41) is 4.64. The van der Waals surface area contributed by atoms with E-state index in [2.05, 4.69) is 18.3 Å². The highest BCUT2D eigenvalue weighted by atomic mass is 19.1. The number of hydrogen-bond acceptors (Lipinski definition) is 4. The van der Waals surface area contributed by atoms with E-state index in [-0.39, 0.29) is 17.7 Å². The van der Waals surface area contributed by atoms with Crippen molar-refractivity contribution in [2.24, 2.45) is 5.10 Å². The van der Waals surface area contributed by atoms with Crippen molar-refractivity contribution in [2.75, 3.05) is 13.6 Å². The van der Waals surface area contributed by atoms with Gasteiger partial charge in [-0.25, -0.2) is 13.8 Å². The average Bonchev–Trinajstić information content (AvgIpc) is 3.11. The molecule has 0 spiro atoms. The monoisotopic (exact) mass is 467 g/mol. The number of carbonyl (C=O) groups excluding carboxylic acids is 2. The van der Waals surface area contributed by atoms with Crippen molar-refractivity contribution < 1.29 is 23.1 Å². The zero-order chi connectivity index (χ0) is 24.9. The van der Waals surface area contributed by atoms with Gasteiger partial charge in [0.1, 0.15) is 17.4 Å². The Morgan fingerprint density at radius 2 is 1.94 bits per heavy atom. The number of allylic oxidation sites excluding steroid dienone is 8. The lowest BCUT2D eigenvalue weighted by atomic mass is 10.1. The second kappa shape index (κ2) is 13.5. The highest BCUT2D eigenvalue weighted by Crippen LogP contribution is 2.16. The first-order valence-corrected chi connectivity index (χ1v) is 10.5. The van der Waals surface area contributed by atoms with E-state index >= 15 is 0 Å². The summed E-state index contributed by atoms with van der Waals surface area (Å²) in [6, 6.07) is 3.34. The third kappa shape index (κ3) is 7.81. The van der Waals surface area contributed by atoms with Gasteiger partial charge >= 0.3 is 11.8 Å². The smallest absolute Gasteiger partial charge is 0.311 e. The number of ether oxygens (including phenoxy) is 1. The van der Waals surface area contributed by atoms with E-state index < -0.39 is 30.0 Å². The van der Waals surface area contributed by atoms with Gasteiger partial charge in [0.05, 0.1) is 6.54 Å². The van der Waals surface area contributed by atoms with Crippen LogP contribution in [-0.2, 0) is 20.9 Å². The van der Waals surface area contributed by atoms with E-state index in [0.29, 0.717) is 18.0 Å². The van der Waals surface area contributed by atoms with Crippen LogP contribution in [0.25, 0.3) is 0 Å². The van der Waals surface area contributed by atoms with Crippen LogP contribution in [0.1, 0.15) is 18.4 Å². The van der Waals surface area contributed by atoms with Crippen LogP contribution >= 0.6 is 0 Å². The highest BCUT2D eigenvalue weighted by Gasteiger charge is 2.22. The summed E-state index contributed by atoms with van der Waals surface area (Å²) in [4.78, 5) is 26.1. The van der Waals surface area contributed by atoms with Crippen LogP contribution in [0, 0.1) is 11.6 Å². The minimum atomic E-state index is -0.842. The van der Waals surface area contributed by atoms with E-state index in [9.17, 15) is 18.4 Å². The van der Waals surface area contributed by atoms with Crippen LogP contribution in [0.4, 0.5) is 8.78 Å². The number of rotatable bonds is 10. The second-order valence-corrected chi connectivity index (χ2v) is 7.24. The number of nitrogens with zero attached hydrogens (tertiary/aromatic N) is 3. The van der Waals surface area contributed by atoms with Gasteiger partial charge in [-0.2, -0.15) is 0 Å². The molecule has 1 aliphatic rings. The maximum Gasteiger partial charge on any atom is 0.311 e. The first-order valence-electron chi connectivity index (χ1n) is 10.5. The Morgan fingerprint density at radius 3 is 2.59 bits per heavy atom. The van der Waals surface area contributed by atoms with E-state index in [0.717, 1.165) is 24.1 Å². The molecule has 2 rings (SSSR count). The van der Waals surface area contributed by atoms with Crippen LogP contribution in [0.5, 0.6) is 0 Å². The van der Waals surface area contributed by atoms with Gasteiger partial charge in [-0.1, -0.05) is 61.3 Å². The zero-order valence-electron chi connectivity index (χ0n) is 19.0. The fraction of sp³-hybridized carbons (Fsp3) is 0.192. The maximum atomic E-state index is 14.1. The first-order chi connectivity index (χ1) is 16.4. The van der Waals surface area contributed by atoms with Gasteiger partial charge in [-0.3, -0.25) is 9.59 Å². The third-order valence-electron chi connectivity index (χ3n) is 4.79. The molecule has 1 aliphatic carbocycles. The Kier molecular flexibility index (Phi) is 10.4. The third-order valence-corrected chi connectivity index (χ3v) is 4.79. The minimum absolute atomic E-state index is 0.153. The molecule has 0 unspecified atom stereocenters. The first kappa shape index (κ1) is 26.2. The van der Waals surface area contributed by atoms with Gasteiger partial charge in [0.15, 0.2) is 0 Å².